The van der Waals surface area contributed by atoms with Gasteiger partial charge in [-0.25, -0.2) is 0 Å². The fraction of sp³-hybridized carbons (Fsp3) is 0.600. The molecule has 100 valence electrons. The fourth-order valence-electron chi connectivity index (χ4n) is 2.49. The summed E-state index contributed by atoms with van der Waals surface area (Å²) in [5.74, 6) is 0.984. The number of aryl methyl sites for hydroxylation is 1. The Bertz CT molecular complexity index is 367. The maximum absolute atomic E-state index is 5.82. The van der Waals surface area contributed by atoms with Crippen LogP contribution in [0.2, 0.25) is 0 Å². The summed E-state index contributed by atoms with van der Waals surface area (Å²) in [6.45, 7) is 9.49. The van der Waals surface area contributed by atoms with Crippen molar-refractivity contribution in [3.63, 3.8) is 0 Å². The highest BCUT2D eigenvalue weighted by Crippen LogP contribution is 2.13. The van der Waals surface area contributed by atoms with E-state index in [-0.39, 0.29) is 0 Å². The normalized spacial score (nSPS) is 20.9. The molecule has 18 heavy (non-hydrogen) atoms. The molecule has 1 heterocycles. The van der Waals surface area contributed by atoms with Crippen LogP contribution < -0.4 is 10.1 Å². The minimum Gasteiger partial charge on any atom is -0.492 e. The maximum atomic E-state index is 5.82. The van der Waals surface area contributed by atoms with Crippen molar-refractivity contribution in [3.05, 3.63) is 29.8 Å². The van der Waals surface area contributed by atoms with Gasteiger partial charge in [0.15, 0.2) is 0 Å². The zero-order valence-corrected chi connectivity index (χ0v) is 11.5. The van der Waals surface area contributed by atoms with Crippen molar-refractivity contribution >= 4 is 0 Å². The van der Waals surface area contributed by atoms with Gasteiger partial charge in [-0.1, -0.05) is 19.1 Å². The molecule has 0 radical (unpaired) electrons. The van der Waals surface area contributed by atoms with Crippen LogP contribution in [-0.2, 0) is 0 Å². The van der Waals surface area contributed by atoms with Gasteiger partial charge in [0.25, 0.3) is 0 Å². The van der Waals surface area contributed by atoms with Crippen molar-refractivity contribution in [2.24, 2.45) is 0 Å². The van der Waals surface area contributed by atoms with E-state index in [1.807, 2.05) is 12.1 Å². The Balaban J connectivity index is 1.77. The molecule has 1 atom stereocenters. The molecule has 1 aromatic rings. The highest BCUT2D eigenvalue weighted by Gasteiger charge is 2.19. The number of benzene rings is 1. The van der Waals surface area contributed by atoms with E-state index in [1.54, 1.807) is 0 Å². The Morgan fingerprint density at radius 3 is 3.11 bits per heavy atom. The van der Waals surface area contributed by atoms with Crippen molar-refractivity contribution in [2.45, 2.75) is 26.3 Å². The molecule has 0 aromatic heterocycles. The van der Waals surface area contributed by atoms with E-state index in [2.05, 4.69) is 36.2 Å². The van der Waals surface area contributed by atoms with Crippen LogP contribution >= 0.6 is 0 Å². The highest BCUT2D eigenvalue weighted by atomic mass is 16.5. The first-order valence-electron chi connectivity index (χ1n) is 6.94. The van der Waals surface area contributed by atoms with E-state index in [4.69, 9.17) is 4.74 Å². The minimum absolute atomic E-state index is 0.667. The number of nitrogens with one attached hydrogen (secondary N) is 1. The van der Waals surface area contributed by atoms with Gasteiger partial charge in [0, 0.05) is 32.2 Å². The van der Waals surface area contributed by atoms with E-state index in [1.165, 1.54) is 12.0 Å². The monoisotopic (exact) mass is 248 g/mol. The molecule has 1 unspecified atom stereocenters. The average Bonchev–Trinajstić information content (AvgIpc) is 2.39. The average molecular weight is 248 g/mol. The summed E-state index contributed by atoms with van der Waals surface area (Å²) >= 11 is 0. The SMILES string of the molecule is CCC1CNCCN1CCOc1cccc(C)c1. The molecule has 0 aliphatic carbocycles. The van der Waals surface area contributed by atoms with Crippen LogP contribution in [0.15, 0.2) is 24.3 Å². The van der Waals surface area contributed by atoms with Crippen molar-refractivity contribution < 1.29 is 4.74 Å². The van der Waals surface area contributed by atoms with Gasteiger partial charge in [-0.15, -0.1) is 0 Å². The molecule has 3 heteroatoms. The predicted molar refractivity (Wildman–Crippen MR) is 75.2 cm³/mol. The van der Waals surface area contributed by atoms with Gasteiger partial charge in [0.1, 0.15) is 12.4 Å². The van der Waals surface area contributed by atoms with Gasteiger partial charge in [-0.05, 0) is 31.0 Å². The summed E-state index contributed by atoms with van der Waals surface area (Å²) in [6, 6.07) is 8.93. The number of piperazine rings is 1. The molecule has 1 aliphatic heterocycles. The van der Waals surface area contributed by atoms with Crippen LogP contribution in [0.25, 0.3) is 0 Å². The Morgan fingerprint density at radius 1 is 1.44 bits per heavy atom. The predicted octanol–water partition coefficient (Wildman–Crippen LogP) is 2.06. The van der Waals surface area contributed by atoms with Gasteiger partial charge in [-0.2, -0.15) is 0 Å². The summed E-state index contributed by atoms with van der Waals surface area (Å²) in [7, 11) is 0. The summed E-state index contributed by atoms with van der Waals surface area (Å²) in [5.41, 5.74) is 1.25. The standard InChI is InChI=1S/C15H24N2O/c1-3-14-12-16-7-8-17(14)9-10-18-15-6-4-5-13(2)11-15/h4-6,11,14,16H,3,7-10,12H2,1-2H3. The zero-order valence-electron chi connectivity index (χ0n) is 11.5. The molecule has 2 rings (SSSR count). The molecule has 1 N–H and O–H groups in total. The Morgan fingerprint density at radius 2 is 2.33 bits per heavy atom. The first-order chi connectivity index (χ1) is 8.79. The minimum atomic E-state index is 0.667. The third-order valence-electron chi connectivity index (χ3n) is 3.58. The third kappa shape index (κ3) is 3.72. The van der Waals surface area contributed by atoms with Crippen molar-refractivity contribution in [1.82, 2.24) is 10.2 Å². The number of hydrogen-bond donors (Lipinski definition) is 1. The molecule has 0 spiro atoms. The summed E-state index contributed by atoms with van der Waals surface area (Å²) in [6.07, 6.45) is 1.21. The Hall–Kier alpha value is -1.06. The Labute approximate surface area is 110 Å². The summed E-state index contributed by atoms with van der Waals surface area (Å²) < 4.78 is 5.82. The van der Waals surface area contributed by atoms with E-state index >= 15 is 0 Å². The Kier molecular flexibility index (Phi) is 5.02. The quantitative estimate of drug-likeness (QED) is 0.863. The second-order valence-corrected chi connectivity index (χ2v) is 4.97. The first-order valence-corrected chi connectivity index (χ1v) is 6.94. The lowest BCUT2D eigenvalue weighted by Gasteiger charge is -2.35. The molecule has 3 nitrogen and oxygen atoms in total. The first kappa shape index (κ1) is 13.4. The van der Waals surface area contributed by atoms with Crippen molar-refractivity contribution in [2.75, 3.05) is 32.8 Å². The maximum Gasteiger partial charge on any atom is 0.119 e. The summed E-state index contributed by atoms with van der Waals surface area (Å²) in [4.78, 5) is 2.53. The zero-order chi connectivity index (χ0) is 12.8. The molecular weight excluding hydrogens is 224 g/mol. The largest absolute Gasteiger partial charge is 0.492 e. The fourth-order valence-corrected chi connectivity index (χ4v) is 2.49. The van der Waals surface area contributed by atoms with Crippen LogP contribution in [-0.4, -0.2) is 43.7 Å². The molecule has 1 aromatic carbocycles. The lowest BCUT2D eigenvalue weighted by molar-refractivity contribution is 0.130. The number of hydrogen-bond acceptors (Lipinski definition) is 3. The number of rotatable bonds is 5. The van der Waals surface area contributed by atoms with Crippen molar-refractivity contribution in [3.8, 4) is 5.75 Å². The van der Waals surface area contributed by atoms with Gasteiger partial charge in [-0.3, -0.25) is 4.90 Å². The van der Waals surface area contributed by atoms with Crippen LogP contribution in [0.3, 0.4) is 0 Å². The molecule has 1 aliphatic rings. The molecular formula is C15H24N2O. The van der Waals surface area contributed by atoms with Crippen LogP contribution in [0.5, 0.6) is 5.75 Å². The molecule has 0 bridgehead atoms. The van der Waals surface area contributed by atoms with E-state index in [9.17, 15) is 0 Å². The third-order valence-corrected chi connectivity index (χ3v) is 3.58. The van der Waals surface area contributed by atoms with Crippen molar-refractivity contribution in [1.29, 1.82) is 0 Å². The van der Waals surface area contributed by atoms with E-state index in [0.717, 1.165) is 38.5 Å². The van der Waals surface area contributed by atoms with Crippen LogP contribution in [0, 0.1) is 6.92 Å². The van der Waals surface area contributed by atoms with Gasteiger partial charge in [0.05, 0.1) is 0 Å². The molecule has 1 fully saturated rings. The van der Waals surface area contributed by atoms with E-state index in [0.29, 0.717) is 6.04 Å². The van der Waals surface area contributed by atoms with Gasteiger partial charge < -0.3 is 10.1 Å². The van der Waals surface area contributed by atoms with Gasteiger partial charge in [0.2, 0.25) is 0 Å². The number of nitrogens with zero attached hydrogens (tertiary/aromatic N) is 1. The smallest absolute Gasteiger partial charge is 0.119 e. The summed E-state index contributed by atoms with van der Waals surface area (Å²) in [5, 5.41) is 3.45. The topological polar surface area (TPSA) is 24.5 Å². The van der Waals surface area contributed by atoms with Crippen LogP contribution in [0.4, 0.5) is 0 Å². The second-order valence-electron chi connectivity index (χ2n) is 4.97. The second kappa shape index (κ2) is 6.76. The lowest BCUT2D eigenvalue weighted by Crippen LogP contribution is -2.51. The molecule has 0 saturated carbocycles. The highest BCUT2D eigenvalue weighted by molar-refractivity contribution is 5.27. The lowest BCUT2D eigenvalue weighted by atomic mass is 10.1. The van der Waals surface area contributed by atoms with E-state index < -0.39 is 0 Å². The number of ether oxygens (including phenoxy) is 1. The molecule has 1 saturated heterocycles. The molecule has 0 amide bonds. The van der Waals surface area contributed by atoms with Gasteiger partial charge >= 0.3 is 0 Å². The van der Waals surface area contributed by atoms with Crippen LogP contribution in [0.1, 0.15) is 18.9 Å².